The Kier molecular flexibility index (Phi) is 5.38. The van der Waals surface area contributed by atoms with Gasteiger partial charge in [-0.1, -0.05) is 0 Å². The van der Waals surface area contributed by atoms with Gasteiger partial charge in [0.15, 0.2) is 0 Å². The Balaban J connectivity index is 1.66. The minimum Gasteiger partial charge on any atom is -0.496 e. The second kappa shape index (κ2) is 7.70. The van der Waals surface area contributed by atoms with Crippen molar-refractivity contribution in [3.8, 4) is 5.75 Å². The molecule has 1 atom stereocenters. The Morgan fingerprint density at radius 2 is 2.32 bits per heavy atom. The molecule has 0 radical (unpaired) electrons. The largest absolute Gasteiger partial charge is 0.496 e. The lowest BCUT2D eigenvalue weighted by atomic mass is 10.1. The fourth-order valence-electron chi connectivity index (χ4n) is 3.44. The van der Waals surface area contributed by atoms with Gasteiger partial charge in [-0.15, -0.1) is 0 Å². The average molecular weight is 343 g/mol. The number of furan rings is 1. The van der Waals surface area contributed by atoms with Crippen LogP contribution < -0.4 is 10.1 Å². The summed E-state index contributed by atoms with van der Waals surface area (Å²) in [6.07, 6.45) is 5.33. The summed E-state index contributed by atoms with van der Waals surface area (Å²) in [5, 5.41) is 2.97. The first-order valence-corrected chi connectivity index (χ1v) is 8.63. The number of hydrogen-bond acceptors (Lipinski definition) is 5. The van der Waals surface area contributed by atoms with Crippen LogP contribution in [-0.4, -0.2) is 35.5 Å². The van der Waals surface area contributed by atoms with Crippen molar-refractivity contribution in [1.29, 1.82) is 0 Å². The van der Waals surface area contributed by atoms with Crippen LogP contribution in [0.5, 0.6) is 5.75 Å². The molecule has 25 heavy (non-hydrogen) atoms. The van der Waals surface area contributed by atoms with Crippen LogP contribution in [0.2, 0.25) is 0 Å². The Bertz CT molecular complexity index is 728. The fourth-order valence-corrected chi connectivity index (χ4v) is 3.44. The third kappa shape index (κ3) is 3.85. The highest BCUT2D eigenvalue weighted by atomic mass is 16.5. The molecule has 3 heterocycles. The standard InChI is InChI=1S/C19H25N3O3/c1-13-10-20-16(14(2)18(13)24-3)12-22-8-4-7-17(22)19(23)21-11-15-6-5-9-25-15/h5-6,9-10,17H,4,7-8,11-12H2,1-3H3,(H,21,23). The first-order valence-electron chi connectivity index (χ1n) is 8.63. The summed E-state index contributed by atoms with van der Waals surface area (Å²) in [5.74, 6) is 1.69. The van der Waals surface area contributed by atoms with Crippen LogP contribution in [-0.2, 0) is 17.9 Å². The van der Waals surface area contributed by atoms with Gasteiger partial charge in [-0.25, -0.2) is 0 Å². The topological polar surface area (TPSA) is 67.6 Å². The van der Waals surface area contributed by atoms with Crippen molar-refractivity contribution in [2.75, 3.05) is 13.7 Å². The van der Waals surface area contributed by atoms with E-state index in [0.29, 0.717) is 13.1 Å². The van der Waals surface area contributed by atoms with Crippen molar-refractivity contribution in [3.05, 3.63) is 47.2 Å². The van der Waals surface area contributed by atoms with Gasteiger partial charge in [0.2, 0.25) is 5.91 Å². The van der Waals surface area contributed by atoms with Gasteiger partial charge in [-0.2, -0.15) is 0 Å². The monoisotopic (exact) mass is 343 g/mol. The number of rotatable bonds is 6. The highest BCUT2D eigenvalue weighted by molar-refractivity contribution is 5.81. The number of likely N-dealkylation sites (tertiary alicyclic amines) is 1. The molecule has 1 aliphatic heterocycles. The summed E-state index contributed by atoms with van der Waals surface area (Å²) >= 11 is 0. The molecule has 0 spiro atoms. The number of carbonyl (C=O) groups is 1. The summed E-state index contributed by atoms with van der Waals surface area (Å²) in [7, 11) is 1.68. The Labute approximate surface area is 148 Å². The molecule has 0 aromatic carbocycles. The van der Waals surface area contributed by atoms with Crippen LogP contribution in [0.25, 0.3) is 0 Å². The van der Waals surface area contributed by atoms with Crippen molar-refractivity contribution < 1.29 is 13.9 Å². The maximum absolute atomic E-state index is 12.6. The van der Waals surface area contributed by atoms with Crippen molar-refractivity contribution >= 4 is 5.91 Å². The third-order valence-electron chi connectivity index (χ3n) is 4.79. The average Bonchev–Trinajstić information content (AvgIpc) is 3.27. The van der Waals surface area contributed by atoms with Crippen molar-refractivity contribution in [1.82, 2.24) is 15.2 Å². The Morgan fingerprint density at radius 1 is 1.48 bits per heavy atom. The van der Waals surface area contributed by atoms with Crippen LogP contribution in [0.15, 0.2) is 29.0 Å². The number of nitrogens with one attached hydrogen (secondary N) is 1. The normalized spacial score (nSPS) is 17.6. The predicted octanol–water partition coefficient (Wildman–Crippen LogP) is 2.58. The van der Waals surface area contributed by atoms with E-state index in [1.807, 2.05) is 32.2 Å². The molecule has 0 bridgehead atoms. The molecule has 3 rings (SSSR count). The SMILES string of the molecule is COc1c(C)cnc(CN2CCCC2C(=O)NCc2ccco2)c1C. The second-order valence-corrected chi connectivity index (χ2v) is 6.47. The lowest BCUT2D eigenvalue weighted by Crippen LogP contribution is -2.42. The van der Waals surface area contributed by atoms with Gasteiger partial charge < -0.3 is 14.5 Å². The summed E-state index contributed by atoms with van der Waals surface area (Å²) in [6.45, 7) is 5.99. The van der Waals surface area contributed by atoms with Gasteiger partial charge in [-0.05, 0) is 45.4 Å². The van der Waals surface area contributed by atoms with Gasteiger partial charge >= 0.3 is 0 Å². The van der Waals surface area contributed by atoms with E-state index < -0.39 is 0 Å². The molecule has 0 saturated carbocycles. The first-order chi connectivity index (χ1) is 12.1. The molecule has 6 heteroatoms. The zero-order valence-electron chi connectivity index (χ0n) is 15.0. The lowest BCUT2D eigenvalue weighted by Gasteiger charge is -2.24. The number of nitrogens with zero attached hydrogens (tertiary/aromatic N) is 2. The van der Waals surface area contributed by atoms with Crippen molar-refractivity contribution in [2.24, 2.45) is 0 Å². The first kappa shape index (κ1) is 17.5. The number of methoxy groups -OCH3 is 1. The molecule has 1 amide bonds. The summed E-state index contributed by atoms with van der Waals surface area (Å²) < 4.78 is 10.8. The quantitative estimate of drug-likeness (QED) is 0.873. The number of carbonyl (C=O) groups excluding carboxylic acids is 1. The molecule has 2 aromatic rings. The maximum atomic E-state index is 12.6. The second-order valence-electron chi connectivity index (χ2n) is 6.47. The van der Waals surface area contributed by atoms with E-state index in [-0.39, 0.29) is 11.9 Å². The van der Waals surface area contributed by atoms with Gasteiger partial charge in [-0.3, -0.25) is 14.7 Å². The number of pyridine rings is 1. The fraction of sp³-hybridized carbons (Fsp3) is 0.474. The van der Waals surface area contributed by atoms with Crippen LogP contribution >= 0.6 is 0 Å². The van der Waals surface area contributed by atoms with Crippen LogP contribution in [0.3, 0.4) is 0 Å². The van der Waals surface area contributed by atoms with Gasteiger partial charge in [0.05, 0.1) is 31.7 Å². The predicted molar refractivity (Wildman–Crippen MR) is 94.2 cm³/mol. The summed E-state index contributed by atoms with van der Waals surface area (Å²) in [4.78, 5) is 19.3. The summed E-state index contributed by atoms with van der Waals surface area (Å²) in [6, 6.07) is 3.56. The Hall–Kier alpha value is -2.34. The molecule has 0 aliphatic carbocycles. The third-order valence-corrected chi connectivity index (χ3v) is 4.79. The molecule has 1 N–H and O–H groups in total. The van der Waals surface area contributed by atoms with E-state index >= 15 is 0 Å². The van der Waals surface area contributed by atoms with Crippen LogP contribution in [0.4, 0.5) is 0 Å². The zero-order chi connectivity index (χ0) is 17.8. The smallest absolute Gasteiger partial charge is 0.237 e. The number of ether oxygens (including phenoxy) is 1. The van der Waals surface area contributed by atoms with Gasteiger partial charge in [0.1, 0.15) is 11.5 Å². The number of aryl methyl sites for hydroxylation is 1. The summed E-state index contributed by atoms with van der Waals surface area (Å²) in [5.41, 5.74) is 3.04. The van der Waals surface area contributed by atoms with Crippen LogP contribution in [0.1, 0.15) is 35.4 Å². The molecule has 1 saturated heterocycles. The number of hydrogen-bond donors (Lipinski definition) is 1. The van der Waals surface area contributed by atoms with Crippen molar-refractivity contribution in [2.45, 2.75) is 45.8 Å². The molecular formula is C19H25N3O3. The maximum Gasteiger partial charge on any atom is 0.237 e. The van der Waals surface area contributed by atoms with E-state index in [9.17, 15) is 4.79 Å². The number of aromatic nitrogens is 1. The van der Waals surface area contributed by atoms with Gasteiger partial charge in [0.25, 0.3) is 0 Å². The molecule has 6 nitrogen and oxygen atoms in total. The minimum atomic E-state index is -0.122. The van der Waals surface area contributed by atoms with E-state index in [1.165, 1.54) is 0 Å². The highest BCUT2D eigenvalue weighted by Gasteiger charge is 2.31. The molecule has 134 valence electrons. The lowest BCUT2D eigenvalue weighted by molar-refractivity contribution is -0.125. The van der Waals surface area contributed by atoms with E-state index in [0.717, 1.165) is 47.7 Å². The van der Waals surface area contributed by atoms with E-state index in [4.69, 9.17) is 9.15 Å². The molecule has 1 unspecified atom stereocenters. The minimum absolute atomic E-state index is 0.0469. The molecule has 2 aromatic heterocycles. The zero-order valence-corrected chi connectivity index (χ0v) is 15.0. The van der Waals surface area contributed by atoms with E-state index in [1.54, 1.807) is 13.4 Å². The molecular weight excluding hydrogens is 318 g/mol. The highest BCUT2D eigenvalue weighted by Crippen LogP contribution is 2.27. The van der Waals surface area contributed by atoms with Gasteiger partial charge in [0, 0.05) is 23.9 Å². The van der Waals surface area contributed by atoms with Crippen LogP contribution in [0, 0.1) is 13.8 Å². The molecule has 1 fully saturated rings. The van der Waals surface area contributed by atoms with Crippen molar-refractivity contribution in [3.63, 3.8) is 0 Å². The van der Waals surface area contributed by atoms with E-state index in [2.05, 4.69) is 15.2 Å². The Morgan fingerprint density at radius 3 is 3.04 bits per heavy atom. The molecule has 1 aliphatic rings. The number of amides is 1.